The second-order valence-corrected chi connectivity index (χ2v) is 10.7. The zero-order valence-electron chi connectivity index (χ0n) is 20.8. The summed E-state index contributed by atoms with van der Waals surface area (Å²) in [6.07, 6.45) is 0.306. The fraction of sp³-hybridized carbons (Fsp3) is 0.0645. The van der Waals surface area contributed by atoms with E-state index in [-0.39, 0.29) is 5.91 Å². The van der Waals surface area contributed by atoms with E-state index in [1.807, 2.05) is 78.2 Å². The number of carbonyl (C=O) groups is 1. The second-order valence-electron chi connectivity index (χ2n) is 8.77. The Hall–Kier alpha value is -4.40. The van der Waals surface area contributed by atoms with Crippen molar-refractivity contribution in [3.63, 3.8) is 0 Å². The van der Waals surface area contributed by atoms with Crippen molar-refractivity contribution in [3.8, 4) is 33.8 Å². The first-order valence-electron chi connectivity index (χ1n) is 12.5. The molecule has 0 atom stereocenters. The molecule has 0 unspecified atom stereocenters. The number of amides is 1. The van der Waals surface area contributed by atoms with Gasteiger partial charge in [-0.25, -0.2) is 9.97 Å². The molecule has 8 heteroatoms. The largest absolute Gasteiger partial charge is 0.302 e. The van der Waals surface area contributed by atoms with Crippen molar-refractivity contribution < 1.29 is 4.79 Å². The molecule has 2 heterocycles. The lowest BCUT2D eigenvalue weighted by atomic mass is 10.0. The molecule has 6 aromatic rings. The standard InChI is InChI=1S/C31H23N5OS2/c37-27(33-30-32-26(20-39-30)25-16-15-21-9-7-8-14-24(21)19-25)17-18-38-31-34-28(22-10-3-1-4-11-22)29(35-36-31)23-12-5-2-6-13-23/h1-16,19-20H,17-18H2,(H,32,33,37). The Kier molecular flexibility index (Phi) is 7.38. The predicted molar refractivity (Wildman–Crippen MR) is 160 cm³/mol. The van der Waals surface area contributed by atoms with Crippen LogP contribution >= 0.6 is 23.1 Å². The van der Waals surface area contributed by atoms with Gasteiger partial charge in [0.25, 0.3) is 0 Å². The van der Waals surface area contributed by atoms with Gasteiger partial charge >= 0.3 is 0 Å². The average molecular weight is 546 g/mol. The van der Waals surface area contributed by atoms with Crippen LogP contribution in [0.2, 0.25) is 0 Å². The van der Waals surface area contributed by atoms with Gasteiger partial charge in [-0.3, -0.25) is 4.79 Å². The molecule has 190 valence electrons. The molecule has 1 N–H and O–H groups in total. The molecule has 2 aromatic heterocycles. The van der Waals surface area contributed by atoms with E-state index < -0.39 is 0 Å². The summed E-state index contributed by atoms with van der Waals surface area (Å²) in [7, 11) is 0. The van der Waals surface area contributed by atoms with Crippen LogP contribution in [-0.2, 0) is 4.79 Å². The summed E-state index contributed by atoms with van der Waals surface area (Å²) in [5.74, 6) is 0.425. The lowest BCUT2D eigenvalue weighted by Crippen LogP contribution is -2.12. The quantitative estimate of drug-likeness (QED) is 0.198. The van der Waals surface area contributed by atoms with Crippen LogP contribution in [0.4, 0.5) is 5.13 Å². The van der Waals surface area contributed by atoms with E-state index in [0.29, 0.717) is 22.5 Å². The molecule has 0 saturated heterocycles. The third-order valence-corrected chi connectivity index (χ3v) is 7.71. The molecular formula is C31H23N5OS2. The highest BCUT2D eigenvalue weighted by Gasteiger charge is 2.14. The zero-order valence-corrected chi connectivity index (χ0v) is 22.5. The molecule has 0 aliphatic heterocycles. The molecule has 4 aromatic carbocycles. The summed E-state index contributed by atoms with van der Waals surface area (Å²) in [5, 5.41) is 17.2. The lowest BCUT2D eigenvalue weighted by Gasteiger charge is -2.09. The number of thiazole rings is 1. The first-order valence-corrected chi connectivity index (χ1v) is 14.3. The third-order valence-electron chi connectivity index (χ3n) is 6.12. The summed E-state index contributed by atoms with van der Waals surface area (Å²) in [6, 6.07) is 34.4. The fourth-order valence-corrected chi connectivity index (χ4v) is 5.65. The van der Waals surface area contributed by atoms with Crippen molar-refractivity contribution in [1.29, 1.82) is 0 Å². The zero-order chi connectivity index (χ0) is 26.4. The summed E-state index contributed by atoms with van der Waals surface area (Å²) >= 11 is 2.84. The van der Waals surface area contributed by atoms with Crippen LogP contribution in [0.5, 0.6) is 0 Å². The number of aromatic nitrogens is 4. The topological polar surface area (TPSA) is 80.7 Å². The van der Waals surface area contributed by atoms with Crippen LogP contribution in [0.25, 0.3) is 44.5 Å². The highest BCUT2D eigenvalue weighted by atomic mass is 32.2. The molecule has 0 aliphatic rings. The molecule has 0 fully saturated rings. The number of nitrogens with zero attached hydrogens (tertiary/aromatic N) is 4. The van der Waals surface area contributed by atoms with Crippen molar-refractivity contribution in [2.45, 2.75) is 11.6 Å². The molecule has 0 saturated carbocycles. The molecule has 0 radical (unpaired) electrons. The van der Waals surface area contributed by atoms with E-state index >= 15 is 0 Å². The number of benzene rings is 4. The molecule has 0 bridgehead atoms. The Labute approximate surface area is 234 Å². The van der Waals surface area contributed by atoms with Crippen molar-refractivity contribution in [2.75, 3.05) is 11.1 Å². The van der Waals surface area contributed by atoms with Crippen LogP contribution in [0.1, 0.15) is 6.42 Å². The van der Waals surface area contributed by atoms with Crippen LogP contribution < -0.4 is 5.32 Å². The van der Waals surface area contributed by atoms with Crippen LogP contribution in [0, 0.1) is 0 Å². The van der Waals surface area contributed by atoms with E-state index in [0.717, 1.165) is 39.2 Å². The van der Waals surface area contributed by atoms with Gasteiger partial charge in [-0.05, 0) is 16.8 Å². The second kappa shape index (κ2) is 11.6. The maximum absolute atomic E-state index is 12.6. The normalized spacial score (nSPS) is 11.0. The van der Waals surface area contributed by atoms with Gasteiger partial charge < -0.3 is 5.32 Å². The van der Waals surface area contributed by atoms with E-state index in [1.165, 1.54) is 28.5 Å². The van der Waals surface area contributed by atoms with E-state index in [1.54, 1.807) is 0 Å². The van der Waals surface area contributed by atoms with Crippen molar-refractivity contribution in [2.24, 2.45) is 0 Å². The van der Waals surface area contributed by atoms with Crippen LogP contribution in [0.3, 0.4) is 0 Å². The maximum Gasteiger partial charge on any atom is 0.226 e. The Bertz CT molecular complexity index is 1740. The number of anilines is 1. The van der Waals surface area contributed by atoms with E-state index in [4.69, 9.17) is 4.98 Å². The van der Waals surface area contributed by atoms with Crippen LogP contribution in [-0.4, -0.2) is 31.8 Å². The number of thioether (sulfide) groups is 1. The van der Waals surface area contributed by atoms with Gasteiger partial charge in [0.15, 0.2) is 5.13 Å². The summed E-state index contributed by atoms with van der Waals surface area (Å²) in [6.45, 7) is 0. The molecule has 0 spiro atoms. The number of fused-ring (bicyclic) bond motifs is 1. The number of rotatable bonds is 8. The van der Waals surface area contributed by atoms with E-state index in [2.05, 4.69) is 50.8 Å². The van der Waals surface area contributed by atoms with Gasteiger partial charge in [0.2, 0.25) is 11.1 Å². The predicted octanol–water partition coefficient (Wildman–Crippen LogP) is 7.60. The Balaban J connectivity index is 1.10. The van der Waals surface area contributed by atoms with Crippen molar-refractivity contribution >= 4 is 44.9 Å². The smallest absolute Gasteiger partial charge is 0.226 e. The molecule has 6 nitrogen and oxygen atoms in total. The van der Waals surface area contributed by atoms with Crippen molar-refractivity contribution in [1.82, 2.24) is 20.2 Å². The lowest BCUT2D eigenvalue weighted by molar-refractivity contribution is -0.115. The van der Waals surface area contributed by atoms with Gasteiger partial charge in [0.1, 0.15) is 11.4 Å². The van der Waals surface area contributed by atoms with E-state index in [9.17, 15) is 4.79 Å². The summed E-state index contributed by atoms with van der Waals surface area (Å²) in [4.78, 5) is 22.1. The molecule has 39 heavy (non-hydrogen) atoms. The molecular weight excluding hydrogens is 523 g/mol. The summed E-state index contributed by atoms with van der Waals surface area (Å²) < 4.78 is 0. The highest BCUT2D eigenvalue weighted by molar-refractivity contribution is 7.99. The number of hydrogen-bond donors (Lipinski definition) is 1. The Morgan fingerprint density at radius 1 is 0.718 bits per heavy atom. The number of carbonyl (C=O) groups excluding carboxylic acids is 1. The number of nitrogens with one attached hydrogen (secondary N) is 1. The van der Waals surface area contributed by atoms with Crippen LogP contribution in [0.15, 0.2) is 114 Å². The minimum atomic E-state index is -0.0981. The highest BCUT2D eigenvalue weighted by Crippen LogP contribution is 2.30. The van der Waals surface area contributed by atoms with Gasteiger partial charge in [0.05, 0.1) is 5.69 Å². The third kappa shape index (κ3) is 5.87. The fourth-order valence-electron chi connectivity index (χ4n) is 4.19. The van der Waals surface area contributed by atoms with Gasteiger partial charge in [-0.1, -0.05) is 109 Å². The molecule has 1 amide bonds. The Morgan fingerprint density at radius 2 is 1.41 bits per heavy atom. The summed E-state index contributed by atoms with van der Waals surface area (Å²) in [5.41, 5.74) is 5.30. The van der Waals surface area contributed by atoms with Crippen molar-refractivity contribution in [3.05, 3.63) is 109 Å². The molecule has 0 aliphatic carbocycles. The minimum Gasteiger partial charge on any atom is -0.302 e. The van der Waals surface area contributed by atoms with Gasteiger partial charge in [-0.2, -0.15) is 0 Å². The first kappa shape index (κ1) is 24.9. The van der Waals surface area contributed by atoms with Gasteiger partial charge in [0, 0.05) is 34.2 Å². The van der Waals surface area contributed by atoms with Gasteiger partial charge in [-0.15, -0.1) is 21.5 Å². The maximum atomic E-state index is 12.6. The molecule has 6 rings (SSSR count). The Morgan fingerprint density at radius 3 is 2.18 bits per heavy atom. The SMILES string of the molecule is O=C(CCSc1nnc(-c2ccccc2)c(-c2ccccc2)n1)Nc1nc(-c2ccc3ccccc3c2)cs1. The number of hydrogen-bond acceptors (Lipinski definition) is 7. The first-order chi connectivity index (χ1) is 19.2. The minimum absolute atomic E-state index is 0.0981. The monoisotopic (exact) mass is 545 g/mol. The average Bonchev–Trinajstić information content (AvgIpc) is 3.46.